The first-order valence-corrected chi connectivity index (χ1v) is 9.26. The van der Waals surface area contributed by atoms with Crippen molar-refractivity contribution in [2.45, 2.75) is 31.8 Å². The molecule has 0 aromatic heterocycles. The maximum absolute atomic E-state index is 13.7. The molecule has 2 heterocycles. The fraction of sp³-hybridized carbons (Fsp3) is 0.381. The van der Waals surface area contributed by atoms with Gasteiger partial charge >= 0.3 is 0 Å². The molecule has 0 radical (unpaired) electrons. The molecule has 0 aliphatic carbocycles. The Morgan fingerprint density at radius 1 is 1.15 bits per heavy atom. The first-order valence-electron chi connectivity index (χ1n) is 9.26. The van der Waals surface area contributed by atoms with Gasteiger partial charge in [0.2, 0.25) is 0 Å². The third kappa shape index (κ3) is 3.81. The van der Waals surface area contributed by atoms with Gasteiger partial charge in [0.05, 0.1) is 11.8 Å². The van der Waals surface area contributed by atoms with E-state index in [2.05, 4.69) is 0 Å². The topological polar surface area (TPSA) is 38.8 Å². The Kier molecular flexibility index (Phi) is 5.07. The Labute approximate surface area is 156 Å². The van der Waals surface area contributed by atoms with E-state index in [0.717, 1.165) is 25.5 Å². The molecule has 2 aliphatic heterocycles. The van der Waals surface area contributed by atoms with Gasteiger partial charge in [0.25, 0.3) is 5.91 Å². The fourth-order valence-electron chi connectivity index (χ4n) is 3.60. The van der Waals surface area contributed by atoms with E-state index >= 15 is 0 Å². The van der Waals surface area contributed by atoms with Gasteiger partial charge in [0, 0.05) is 24.8 Å². The Morgan fingerprint density at radius 3 is 2.67 bits per heavy atom. The second-order valence-corrected chi connectivity index (χ2v) is 6.93. The molecule has 0 N–H and O–H groups in total. The molecule has 4 nitrogen and oxygen atoms in total. The van der Waals surface area contributed by atoms with Gasteiger partial charge in [-0.15, -0.1) is 0 Å². The van der Waals surface area contributed by atoms with Crippen molar-refractivity contribution in [2.24, 2.45) is 0 Å². The number of rotatable bonds is 4. The van der Waals surface area contributed by atoms with Crippen molar-refractivity contribution in [3.05, 3.63) is 59.2 Å². The summed E-state index contributed by atoms with van der Waals surface area (Å²) in [4.78, 5) is 14.4. The van der Waals surface area contributed by atoms with Crippen LogP contribution in [0.2, 0.25) is 0 Å². The molecule has 1 fully saturated rings. The highest BCUT2D eigenvalue weighted by Gasteiger charge is 2.25. The quantitative estimate of drug-likeness (QED) is 0.809. The minimum absolute atomic E-state index is 0.131. The molecule has 1 amide bonds. The molecule has 0 unspecified atom stereocenters. The number of nitrogens with zero attached hydrogens (tertiary/aromatic N) is 1. The molecular weight excluding hydrogens is 352 g/mol. The minimum Gasteiger partial charge on any atom is -0.491 e. The van der Waals surface area contributed by atoms with Gasteiger partial charge in [0.1, 0.15) is 12.4 Å². The molecule has 1 saturated heterocycles. The molecule has 2 aromatic carbocycles. The van der Waals surface area contributed by atoms with E-state index in [-0.39, 0.29) is 12.0 Å². The number of amides is 1. The van der Waals surface area contributed by atoms with E-state index in [1.807, 2.05) is 0 Å². The number of carbonyl (C=O) groups is 1. The predicted octanol–water partition coefficient (Wildman–Crippen LogP) is 4.12. The summed E-state index contributed by atoms with van der Waals surface area (Å²) >= 11 is 0. The largest absolute Gasteiger partial charge is 0.491 e. The van der Waals surface area contributed by atoms with Crippen molar-refractivity contribution >= 4 is 11.6 Å². The number of fused-ring (bicyclic) bond motifs is 1. The molecule has 27 heavy (non-hydrogen) atoms. The summed E-state index contributed by atoms with van der Waals surface area (Å²) in [6.45, 7) is 1.76. The summed E-state index contributed by atoms with van der Waals surface area (Å²) < 4.78 is 38.4. The highest BCUT2D eigenvalue weighted by Crippen LogP contribution is 2.30. The fourth-order valence-corrected chi connectivity index (χ4v) is 3.60. The van der Waals surface area contributed by atoms with Crippen LogP contribution in [0.15, 0.2) is 36.4 Å². The number of benzene rings is 2. The molecular formula is C21H21F2NO3. The summed E-state index contributed by atoms with van der Waals surface area (Å²) in [7, 11) is 0. The molecule has 1 atom stereocenters. The molecule has 0 saturated carbocycles. The summed E-state index contributed by atoms with van der Waals surface area (Å²) in [6.07, 6.45) is 3.54. The number of hydrogen-bond donors (Lipinski definition) is 0. The van der Waals surface area contributed by atoms with Crippen molar-refractivity contribution in [1.82, 2.24) is 0 Å². The average molecular weight is 373 g/mol. The summed E-state index contributed by atoms with van der Waals surface area (Å²) in [5, 5.41) is 0. The first kappa shape index (κ1) is 17.9. The zero-order chi connectivity index (χ0) is 18.8. The van der Waals surface area contributed by atoms with E-state index < -0.39 is 11.6 Å². The standard InChI is InChI=1S/C21H21F2NO3/c22-18-11-15-3-1-9-24(20(15)12-19(18)23)21(25)14-5-7-16(8-6-14)27-13-17-4-2-10-26-17/h5-8,11-12,17H,1-4,9-10,13H2/t17-/m1/s1. The van der Waals surface area contributed by atoms with E-state index in [4.69, 9.17) is 9.47 Å². The number of halogens is 2. The van der Waals surface area contributed by atoms with Gasteiger partial charge in [-0.3, -0.25) is 4.79 Å². The van der Waals surface area contributed by atoms with Crippen LogP contribution in [0.25, 0.3) is 0 Å². The van der Waals surface area contributed by atoms with Crippen LogP contribution >= 0.6 is 0 Å². The van der Waals surface area contributed by atoms with E-state index in [0.29, 0.717) is 48.6 Å². The summed E-state index contributed by atoms with van der Waals surface area (Å²) in [6, 6.07) is 9.19. The van der Waals surface area contributed by atoms with Gasteiger partial charge in [-0.1, -0.05) is 0 Å². The Hall–Kier alpha value is -2.47. The summed E-state index contributed by atoms with van der Waals surface area (Å²) in [5.74, 6) is -1.37. The lowest BCUT2D eigenvalue weighted by molar-refractivity contribution is 0.0679. The van der Waals surface area contributed by atoms with Crippen LogP contribution in [-0.2, 0) is 11.2 Å². The van der Waals surface area contributed by atoms with E-state index in [1.54, 1.807) is 24.3 Å². The van der Waals surface area contributed by atoms with Crippen LogP contribution in [0.1, 0.15) is 35.2 Å². The number of hydrogen-bond acceptors (Lipinski definition) is 3. The van der Waals surface area contributed by atoms with Gasteiger partial charge in [-0.2, -0.15) is 0 Å². The monoisotopic (exact) mass is 373 g/mol. The number of ether oxygens (including phenoxy) is 2. The molecule has 6 heteroatoms. The zero-order valence-corrected chi connectivity index (χ0v) is 14.9. The predicted molar refractivity (Wildman–Crippen MR) is 97.3 cm³/mol. The smallest absolute Gasteiger partial charge is 0.258 e. The lowest BCUT2D eigenvalue weighted by atomic mass is 10.0. The van der Waals surface area contributed by atoms with Crippen molar-refractivity contribution in [3.63, 3.8) is 0 Å². The van der Waals surface area contributed by atoms with Gasteiger partial charge in [0.15, 0.2) is 11.6 Å². The maximum atomic E-state index is 13.7. The van der Waals surface area contributed by atoms with Crippen LogP contribution in [-0.4, -0.2) is 31.8 Å². The molecule has 2 aromatic rings. The Balaban J connectivity index is 1.48. The number of carbonyl (C=O) groups excluding carboxylic acids is 1. The lowest BCUT2D eigenvalue weighted by Gasteiger charge is -2.29. The third-order valence-electron chi connectivity index (χ3n) is 5.05. The van der Waals surface area contributed by atoms with Crippen molar-refractivity contribution in [3.8, 4) is 5.75 Å². The van der Waals surface area contributed by atoms with Gasteiger partial charge < -0.3 is 14.4 Å². The minimum atomic E-state index is -0.939. The molecule has 4 rings (SSSR count). The van der Waals surface area contributed by atoms with Crippen LogP contribution in [0.3, 0.4) is 0 Å². The second kappa shape index (κ2) is 7.64. The zero-order valence-electron chi connectivity index (χ0n) is 14.9. The highest BCUT2D eigenvalue weighted by molar-refractivity contribution is 6.06. The van der Waals surface area contributed by atoms with Crippen LogP contribution < -0.4 is 9.64 Å². The van der Waals surface area contributed by atoms with Gasteiger partial charge in [-0.25, -0.2) is 8.78 Å². The maximum Gasteiger partial charge on any atom is 0.258 e. The van der Waals surface area contributed by atoms with E-state index in [1.165, 1.54) is 11.0 Å². The first-order chi connectivity index (χ1) is 13.1. The van der Waals surface area contributed by atoms with Crippen LogP contribution in [0.4, 0.5) is 14.5 Å². The SMILES string of the molecule is O=C(c1ccc(OC[C@H]2CCCO2)cc1)N1CCCc2cc(F)c(F)cc21. The van der Waals surface area contributed by atoms with Crippen LogP contribution in [0, 0.1) is 11.6 Å². The van der Waals surface area contributed by atoms with Crippen molar-refractivity contribution in [2.75, 3.05) is 24.7 Å². The Morgan fingerprint density at radius 2 is 1.93 bits per heavy atom. The Bertz CT molecular complexity index is 832. The summed E-state index contributed by atoms with van der Waals surface area (Å²) in [5.41, 5.74) is 1.59. The van der Waals surface area contributed by atoms with Crippen LogP contribution in [0.5, 0.6) is 5.75 Å². The lowest BCUT2D eigenvalue weighted by Crippen LogP contribution is -2.35. The molecule has 142 valence electrons. The highest BCUT2D eigenvalue weighted by atomic mass is 19.2. The average Bonchev–Trinajstić information content (AvgIpc) is 3.20. The van der Waals surface area contributed by atoms with Gasteiger partial charge in [-0.05, 0) is 61.6 Å². The number of aryl methyl sites for hydroxylation is 1. The third-order valence-corrected chi connectivity index (χ3v) is 5.05. The second-order valence-electron chi connectivity index (χ2n) is 6.93. The molecule has 0 bridgehead atoms. The molecule has 0 spiro atoms. The number of anilines is 1. The van der Waals surface area contributed by atoms with Crippen molar-refractivity contribution < 1.29 is 23.0 Å². The van der Waals surface area contributed by atoms with E-state index in [9.17, 15) is 13.6 Å². The molecule has 2 aliphatic rings. The normalized spacial score (nSPS) is 19.0. The van der Waals surface area contributed by atoms with Crippen molar-refractivity contribution in [1.29, 1.82) is 0 Å².